The number of hydrogen-bond donors (Lipinski definition) is 1. The molecule has 4 heteroatoms. The van der Waals surface area contributed by atoms with Crippen LogP contribution in [0.3, 0.4) is 0 Å². The van der Waals surface area contributed by atoms with Crippen molar-refractivity contribution in [3.8, 4) is 5.75 Å². The summed E-state index contributed by atoms with van der Waals surface area (Å²) in [6.07, 6.45) is 0. The summed E-state index contributed by atoms with van der Waals surface area (Å²) in [5.74, 6) is 0.0570. The molecule has 116 valence electrons. The average Bonchev–Trinajstić information content (AvgIpc) is 2.60. The molecule has 0 aliphatic carbocycles. The normalized spacial score (nSPS) is 10.5. The second-order valence-corrected chi connectivity index (χ2v) is 5.21. The molecule has 0 heterocycles. The number of benzene rings is 3. The van der Waals surface area contributed by atoms with Gasteiger partial charge in [-0.05, 0) is 40.6 Å². The fourth-order valence-corrected chi connectivity index (χ4v) is 2.39. The second-order valence-electron chi connectivity index (χ2n) is 5.21. The molecule has 0 spiro atoms. The van der Waals surface area contributed by atoms with E-state index in [1.165, 1.54) is 12.5 Å². The first-order valence-electron chi connectivity index (χ1n) is 7.25. The van der Waals surface area contributed by atoms with Crippen LogP contribution in [0.2, 0.25) is 0 Å². The van der Waals surface area contributed by atoms with Gasteiger partial charge in [0.25, 0.3) is 0 Å². The van der Waals surface area contributed by atoms with Crippen molar-refractivity contribution in [1.82, 2.24) is 0 Å². The number of nitrogen functional groups attached to an aromatic ring is 1. The smallest absolute Gasteiger partial charge is 0.337 e. The summed E-state index contributed by atoms with van der Waals surface area (Å²) in [6.45, 7) is 0.375. The van der Waals surface area contributed by atoms with Crippen LogP contribution in [0.25, 0.3) is 10.8 Å². The number of rotatable bonds is 4. The fraction of sp³-hybridized carbons (Fsp3) is 0.105. The molecule has 0 saturated heterocycles. The van der Waals surface area contributed by atoms with Crippen LogP contribution in [0, 0.1) is 0 Å². The van der Waals surface area contributed by atoms with Gasteiger partial charge in [0, 0.05) is 0 Å². The van der Waals surface area contributed by atoms with E-state index < -0.39 is 5.97 Å². The van der Waals surface area contributed by atoms with Gasteiger partial charge in [0.15, 0.2) is 0 Å². The molecule has 23 heavy (non-hydrogen) atoms. The van der Waals surface area contributed by atoms with E-state index in [-0.39, 0.29) is 0 Å². The Labute approximate surface area is 134 Å². The Kier molecular flexibility index (Phi) is 4.15. The van der Waals surface area contributed by atoms with Gasteiger partial charge in [-0.1, -0.05) is 36.4 Å². The Morgan fingerprint density at radius 2 is 1.78 bits per heavy atom. The van der Waals surface area contributed by atoms with E-state index in [2.05, 4.69) is 24.3 Å². The minimum Gasteiger partial charge on any atom is -0.487 e. The summed E-state index contributed by atoms with van der Waals surface area (Å²) < 4.78 is 10.5. The molecule has 0 saturated carbocycles. The van der Waals surface area contributed by atoms with Gasteiger partial charge in [-0.2, -0.15) is 0 Å². The van der Waals surface area contributed by atoms with Crippen molar-refractivity contribution < 1.29 is 14.3 Å². The Morgan fingerprint density at radius 1 is 1.00 bits per heavy atom. The van der Waals surface area contributed by atoms with Crippen LogP contribution in [-0.4, -0.2) is 13.1 Å². The van der Waals surface area contributed by atoms with Crippen molar-refractivity contribution in [2.45, 2.75) is 6.61 Å². The number of esters is 1. The SMILES string of the molecule is COC(=O)c1ccc(N)c(OCc2ccc3ccccc3c2)c1. The van der Waals surface area contributed by atoms with Gasteiger partial charge in [-0.15, -0.1) is 0 Å². The van der Waals surface area contributed by atoms with E-state index in [1.54, 1.807) is 18.2 Å². The third-order valence-corrected chi connectivity index (χ3v) is 3.64. The molecular formula is C19H17NO3. The Balaban J connectivity index is 1.80. The Bertz CT molecular complexity index is 858. The Hall–Kier alpha value is -3.01. The molecule has 4 nitrogen and oxygen atoms in total. The molecule has 0 aliphatic rings. The van der Waals surface area contributed by atoms with Crippen LogP contribution in [-0.2, 0) is 11.3 Å². The molecule has 0 radical (unpaired) electrons. The van der Waals surface area contributed by atoms with Crippen LogP contribution >= 0.6 is 0 Å². The van der Waals surface area contributed by atoms with Gasteiger partial charge in [0.05, 0.1) is 18.4 Å². The maximum absolute atomic E-state index is 11.6. The lowest BCUT2D eigenvalue weighted by atomic mass is 10.1. The fourth-order valence-electron chi connectivity index (χ4n) is 2.39. The minimum absolute atomic E-state index is 0.375. The summed E-state index contributed by atoms with van der Waals surface area (Å²) >= 11 is 0. The summed E-state index contributed by atoms with van der Waals surface area (Å²) in [7, 11) is 1.34. The molecule has 3 rings (SSSR count). The number of anilines is 1. The highest BCUT2D eigenvalue weighted by Crippen LogP contribution is 2.25. The van der Waals surface area contributed by atoms with Crippen molar-refractivity contribution in [2.24, 2.45) is 0 Å². The molecule has 2 N–H and O–H groups in total. The van der Waals surface area contributed by atoms with Crippen LogP contribution in [0.15, 0.2) is 60.7 Å². The zero-order valence-electron chi connectivity index (χ0n) is 12.8. The third-order valence-electron chi connectivity index (χ3n) is 3.64. The molecule has 0 aromatic heterocycles. The predicted molar refractivity (Wildman–Crippen MR) is 90.5 cm³/mol. The summed E-state index contributed by atoms with van der Waals surface area (Å²) in [4.78, 5) is 11.6. The standard InChI is InChI=1S/C19H17NO3/c1-22-19(21)16-8-9-17(20)18(11-16)23-12-13-6-7-14-4-2-3-5-15(14)10-13/h2-11H,12,20H2,1H3. The largest absolute Gasteiger partial charge is 0.487 e. The number of ether oxygens (including phenoxy) is 2. The Morgan fingerprint density at radius 3 is 2.57 bits per heavy atom. The molecule has 0 aliphatic heterocycles. The van der Waals surface area contributed by atoms with Crippen molar-refractivity contribution in [3.05, 3.63) is 71.8 Å². The van der Waals surface area contributed by atoms with Crippen LogP contribution in [0.4, 0.5) is 5.69 Å². The van der Waals surface area contributed by atoms with E-state index >= 15 is 0 Å². The molecule has 3 aromatic carbocycles. The highest BCUT2D eigenvalue weighted by Gasteiger charge is 2.09. The summed E-state index contributed by atoms with van der Waals surface area (Å²) in [6, 6.07) is 19.2. The molecule has 0 fully saturated rings. The van der Waals surface area contributed by atoms with Crippen molar-refractivity contribution in [1.29, 1.82) is 0 Å². The molecule has 0 atom stereocenters. The molecule has 3 aromatic rings. The maximum atomic E-state index is 11.6. The second kappa shape index (κ2) is 6.40. The topological polar surface area (TPSA) is 61.5 Å². The number of hydrogen-bond acceptors (Lipinski definition) is 4. The van der Waals surface area contributed by atoms with Crippen LogP contribution < -0.4 is 10.5 Å². The maximum Gasteiger partial charge on any atom is 0.337 e. The van der Waals surface area contributed by atoms with E-state index in [1.807, 2.05) is 18.2 Å². The first kappa shape index (κ1) is 14.9. The van der Waals surface area contributed by atoms with E-state index in [9.17, 15) is 4.79 Å². The zero-order valence-corrected chi connectivity index (χ0v) is 12.8. The van der Waals surface area contributed by atoms with Gasteiger partial charge in [0.2, 0.25) is 0 Å². The monoisotopic (exact) mass is 307 g/mol. The quantitative estimate of drug-likeness (QED) is 0.588. The highest BCUT2D eigenvalue weighted by atomic mass is 16.5. The lowest BCUT2D eigenvalue weighted by molar-refractivity contribution is 0.0600. The summed E-state index contributed by atoms with van der Waals surface area (Å²) in [5.41, 5.74) is 7.84. The third kappa shape index (κ3) is 3.26. The molecule has 0 amide bonds. The number of carbonyl (C=O) groups is 1. The van der Waals surface area contributed by atoms with E-state index in [4.69, 9.17) is 15.2 Å². The van der Waals surface area contributed by atoms with E-state index in [0.29, 0.717) is 23.6 Å². The van der Waals surface area contributed by atoms with Crippen molar-refractivity contribution in [2.75, 3.05) is 12.8 Å². The lowest BCUT2D eigenvalue weighted by Crippen LogP contribution is -2.04. The first-order valence-corrected chi connectivity index (χ1v) is 7.25. The molecule has 0 bridgehead atoms. The van der Waals surface area contributed by atoms with Gasteiger partial charge in [0.1, 0.15) is 12.4 Å². The number of carbonyl (C=O) groups excluding carboxylic acids is 1. The van der Waals surface area contributed by atoms with Crippen LogP contribution in [0.1, 0.15) is 15.9 Å². The van der Waals surface area contributed by atoms with E-state index in [0.717, 1.165) is 10.9 Å². The minimum atomic E-state index is -0.416. The molecular weight excluding hydrogens is 290 g/mol. The van der Waals surface area contributed by atoms with Gasteiger partial charge in [-0.3, -0.25) is 0 Å². The highest BCUT2D eigenvalue weighted by molar-refractivity contribution is 5.90. The average molecular weight is 307 g/mol. The number of nitrogens with two attached hydrogens (primary N) is 1. The zero-order chi connectivity index (χ0) is 16.2. The number of methoxy groups -OCH3 is 1. The van der Waals surface area contributed by atoms with Gasteiger partial charge >= 0.3 is 5.97 Å². The first-order chi connectivity index (χ1) is 11.2. The lowest BCUT2D eigenvalue weighted by Gasteiger charge is -2.11. The van der Waals surface area contributed by atoms with Crippen molar-refractivity contribution in [3.63, 3.8) is 0 Å². The van der Waals surface area contributed by atoms with Gasteiger partial charge in [-0.25, -0.2) is 4.79 Å². The predicted octanol–water partition coefficient (Wildman–Crippen LogP) is 3.79. The molecule has 0 unspecified atom stereocenters. The van der Waals surface area contributed by atoms with Crippen molar-refractivity contribution >= 4 is 22.4 Å². The summed E-state index contributed by atoms with van der Waals surface area (Å²) in [5, 5.41) is 2.34. The van der Waals surface area contributed by atoms with Crippen LogP contribution in [0.5, 0.6) is 5.75 Å². The van der Waals surface area contributed by atoms with Gasteiger partial charge < -0.3 is 15.2 Å². The number of fused-ring (bicyclic) bond motifs is 1.